The lowest BCUT2D eigenvalue weighted by Crippen LogP contribution is -2.55. The Morgan fingerprint density at radius 1 is 1.50 bits per heavy atom. The summed E-state index contributed by atoms with van der Waals surface area (Å²) in [5.74, 6) is 0.942. The van der Waals surface area contributed by atoms with Crippen molar-refractivity contribution < 1.29 is 9.47 Å². The molecule has 0 saturated heterocycles. The topological polar surface area (TPSA) is 44.5 Å². The third-order valence-corrected chi connectivity index (χ3v) is 3.44. The molecule has 0 aromatic heterocycles. The molecule has 0 aromatic rings. The maximum Gasteiger partial charge on any atom is 0.112 e. The van der Waals surface area contributed by atoms with Crippen molar-refractivity contribution in [1.82, 2.24) is 0 Å². The van der Waals surface area contributed by atoms with Gasteiger partial charge in [-0.15, -0.1) is 0 Å². The molecule has 3 heteroatoms. The minimum atomic E-state index is -0.136. The van der Waals surface area contributed by atoms with Crippen LogP contribution in [0.5, 0.6) is 0 Å². The molecule has 0 radical (unpaired) electrons. The predicted octanol–water partition coefficient (Wildman–Crippen LogP) is 1.58. The second kappa shape index (κ2) is 3.91. The highest BCUT2D eigenvalue weighted by Gasteiger charge is 2.45. The smallest absolute Gasteiger partial charge is 0.112 e. The van der Waals surface area contributed by atoms with E-state index in [1.54, 1.807) is 7.11 Å². The number of allylic oxidation sites excluding steroid dienone is 1. The van der Waals surface area contributed by atoms with Crippen LogP contribution in [0.2, 0.25) is 0 Å². The highest BCUT2D eigenvalue weighted by atomic mass is 16.5. The first-order chi connectivity index (χ1) is 6.78. The van der Waals surface area contributed by atoms with Gasteiger partial charge in [0.1, 0.15) is 5.76 Å². The van der Waals surface area contributed by atoms with E-state index >= 15 is 0 Å². The summed E-state index contributed by atoms with van der Waals surface area (Å²) in [6, 6.07) is -0.0680. The van der Waals surface area contributed by atoms with Crippen LogP contribution in [0.15, 0.2) is 11.8 Å². The standard InChI is InChI=1S/C11H19NO2/c1-13-11(6-4-7-11)10(12)9-5-2-3-8-14-9/h5,10H,2-4,6-8,12H2,1H3. The first-order valence-corrected chi connectivity index (χ1v) is 5.42. The molecule has 0 spiro atoms. The minimum absolute atomic E-state index is 0.0680. The molecule has 1 aliphatic carbocycles. The SMILES string of the molecule is COC1(C(N)C2=CCCCO2)CCC1. The van der Waals surface area contributed by atoms with Gasteiger partial charge in [-0.05, 0) is 38.2 Å². The van der Waals surface area contributed by atoms with E-state index in [-0.39, 0.29) is 11.6 Å². The van der Waals surface area contributed by atoms with Gasteiger partial charge in [0.25, 0.3) is 0 Å². The van der Waals surface area contributed by atoms with Crippen LogP contribution < -0.4 is 5.73 Å². The van der Waals surface area contributed by atoms with Crippen LogP contribution >= 0.6 is 0 Å². The van der Waals surface area contributed by atoms with E-state index in [2.05, 4.69) is 6.08 Å². The molecule has 2 aliphatic rings. The highest BCUT2D eigenvalue weighted by molar-refractivity contribution is 5.15. The van der Waals surface area contributed by atoms with Gasteiger partial charge >= 0.3 is 0 Å². The Morgan fingerprint density at radius 3 is 2.71 bits per heavy atom. The van der Waals surface area contributed by atoms with Gasteiger partial charge in [0.15, 0.2) is 0 Å². The molecule has 0 amide bonds. The number of hydrogen-bond acceptors (Lipinski definition) is 3. The van der Waals surface area contributed by atoms with Gasteiger partial charge < -0.3 is 15.2 Å². The third-order valence-electron chi connectivity index (χ3n) is 3.44. The molecule has 80 valence electrons. The lowest BCUT2D eigenvalue weighted by atomic mass is 9.74. The summed E-state index contributed by atoms with van der Waals surface area (Å²) in [4.78, 5) is 0. The maximum absolute atomic E-state index is 6.18. The van der Waals surface area contributed by atoms with E-state index in [1.165, 1.54) is 6.42 Å². The number of rotatable bonds is 3. The van der Waals surface area contributed by atoms with E-state index in [0.29, 0.717) is 0 Å². The quantitative estimate of drug-likeness (QED) is 0.747. The number of methoxy groups -OCH3 is 1. The van der Waals surface area contributed by atoms with Crippen LogP contribution in [0.25, 0.3) is 0 Å². The van der Waals surface area contributed by atoms with Crippen molar-refractivity contribution in [2.75, 3.05) is 13.7 Å². The van der Waals surface area contributed by atoms with Crippen molar-refractivity contribution in [3.8, 4) is 0 Å². The fourth-order valence-corrected chi connectivity index (χ4v) is 2.22. The molecular formula is C11H19NO2. The molecule has 3 nitrogen and oxygen atoms in total. The zero-order valence-corrected chi connectivity index (χ0v) is 8.79. The van der Waals surface area contributed by atoms with Crippen LogP contribution in [0, 0.1) is 0 Å². The van der Waals surface area contributed by atoms with E-state index < -0.39 is 0 Å². The first-order valence-electron chi connectivity index (χ1n) is 5.42. The van der Waals surface area contributed by atoms with Gasteiger partial charge in [0, 0.05) is 7.11 Å². The molecule has 2 rings (SSSR count). The van der Waals surface area contributed by atoms with Crippen LogP contribution in [0.3, 0.4) is 0 Å². The van der Waals surface area contributed by atoms with Crippen molar-refractivity contribution in [2.45, 2.75) is 43.7 Å². The molecule has 1 fully saturated rings. The summed E-state index contributed by atoms with van der Waals surface area (Å²) in [6.07, 6.45) is 7.65. The van der Waals surface area contributed by atoms with E-state index in [9.17, 15) is 0 Å². The zero-order chi connectivity index (χ0) is 10.0. The predicted molar refractivity (Wildman–Crippen MR) is 54.8 cm³/mol. The summed E-state index contributed by atoms with van der Waals surface area (Å²) >= 11 is 0. The first kappa shape index (κ1) is 9.99. The fraction of sp³-hybridized carbons (Fsp3) is 0.818. The lowest BCUT2D eigenvalue weighted by Gasteiger charge is -2.45. The Morgan fingerprint density at radius 2 is 2.29 bits per heavy atom. The molecule has 0 bridgehead atoms. The number of hydrogen-bond donors (Lipinski definition) is 1. The molecule has 1 unspecified atom stereocenters. The van der Waals surface area contributed by atoms with E-state index in [1.807, 2.05) is 0 Å². The van der Waals surface area contributed by atoms with Gasteiger partial charge in [-0.2, -0.15) is 0 Å². The molecule has 2 N–H and O–H groups in total. The number of ether oxygens (including phenoxy) is 2. The van der Waals surface area contributed by atoms with Gasteiger partial charge in [-0.25, -0.2) is 0 Å². The second-order valence-electron chi connectivity index (χ2n) is 4.20. The van der Waals surface area contributed by atoms with Crippen LogP contribution in [-0.2, 0) is 9.47 Å². The van der Waals surface area contributed by atoms with Crippen molar-refractivity contribution in [3.63, 3.8) is 0 Å². The van der Waals surface area contributed by atoms with Crippen molar-refractivity contribution >= 4 is 0 Å². The largest absolute Gasteiger partial charge is 0.496 e. The second-order valence-corrected chi connectivity index (χ2v) is 4.20. The Kier molecular flexibility index (Phi) is 2.79. The Bertz CT molecular complexity index is 228. The van der Waals surface area contributed by atoms with Gasteiger partial charge in [0.2, 0.25) is 0 Å². The molecule has 1 aliphatic heterocycles. The van der Waals surface area contributed by atoms with Crippen LogP contribution in [0.4, 0.5) is 0 Å². The minimum Gasteiger partial charge on any atom is -0.496 e. The summed E-state index contributed by atoms with van der Waals surface area (Å²) in [5.41, 5.74) is 6.05. The molecule has 1 saturated carbocycles. The summed E-state index contributed by atoms with van der Waals surface area (Å²) in [5, 5.41) is 0. The maximum atomic E-state index is 6.18. The van der Waals surface area contributed by atoms with E-state index in [0.717, 1.165) is 38.0 Å². The Labute approximate surface area is 85.3 Å². The lowest BCUT2D eigenvalue weighted by molar-refractivity contribution is -0.0923. The Balaban J connectivity index is 2.05. The molecule has 1 atom stereocenters. The summed E-state index contributed by atoms with van der Waals surface area (Å²) in [6.45, 7) is 0.805. The summed E-state index contributed by atoms with van der Waals surface area (Å²) < 4.78 is 11.1. The molecule has 1 heterocycles. The molecule has 0 aromatic carbocycles. The average molecular weight is 197 g/mol. The van der Waals surface area contributed by atoms with Gasteiger partial charge in [-0.3, -0.25) is 0 Å². The van der Waals surface area contributed by atoms with Gasteiger partial charge in [-0.1, -0.05) is 0 Å². The number of nitrogens with two attached hydrogens (primary N) is 1. The fourth-order valence-electron chi connectivity index (χ4n) is 2.22. The highest BCUT2D eigenvalue weighted by Crippen LogP contribution is 2.40. The van der Waals surface area contributed by atoms with Gasteiger partial charge in [0.05, 0.1) is 18.2 Å². The third kappa shape index (κ3) is 1.55. The molecular weight excluding hydrogens is 178 g/mol. The Hall–Kier alpha value is -0.540. The van der Waals surface area contributed by atoms with Crippen molar-refractivity contribution in [1.29, 1.82) is 0 Å². The monoisotopic (exact) mass is 197 g/mol. The zero-order valence-electron chi connectivity index (χ0n) is 8.79. The van der Waals surface area contributed by atoms with Crippen LogP contribution in [-0.4, -0.2) is 25.4 Å². The average Bonchev–Trinajstić information content (AvgIpc) is 2.18. The summed E-state index contributed by atoms with van der Waals surface area (Å²) in [7, 11) is 1.75. The normalized spacial score (nSPS) is 27.1. The van der Waals surface area contributed by atoms with Crippen LogP contribution in [0.1, 0.15) is 32.1 Å². The molecule has 14 heavy (non-hydrogen) atoms. The van der Waals surface area contributed by atoms with E-state index in [4.69, 9.17) is 15.2 Å². The van der Waals surface area contributed by atoms with Crippen molar-refractivity contribution in [2.24, 2.45) is 5.73 Å². The van der Waals surface area contributed by atoms with Crippen molar-refractivity contribution in [3.05, 3.63) is 11.8 Å².